The van der Waals surface area contributed by atoms with Crippen molar-refractivity contribution in [3.63, 3.8) is 0 Å². The molecular weight excluding hydrogens is 290 g/mol. The molecule has 23 heavy (non-hydrogen) atoms. The lowest BCUT2D eigenvalue weighted by atomic mass is 9.76. The number of likely N-dealkylation sites (tertiary alicyclic amines) is 2. The van der Waals surface area contributed by atoms with Gasteiger partial charge in [0.2, 0.25) is 11.8 Å². The highest BCUT2D eigenvalue weighted by Crippen LogP contribution is 2.37. The van der Waals surface area contributed by atoms with Crippen LogP contribution in [0.5, 0.6) is 0 Å². The lowest BCUT2D eigenvalue weighted by Gasteiger charge is -2.52. The molecule has 0 aromatic rings. The molecule has 0 aromatic carbocycles. The molecule has 0 unspecified atom stereocenters. The van der Waals surface area contributed by atoms with E-state index < -0.39 is 0 Å². The van der Waals surface area contributed by atoms with Gasteiger partial charge in [-0.2, -0.15) is 0 Å². The van der Waals surface area contributed by atoms with Crippen molar-refractivity contribution >= 4 is 11.8 Å². The lowest BCUT2D eigenvalue weighted by Crippen LogP contribution is -2.61. The van der Waals surface area contributed by atoms with E-state index in [4.69, 9.17) is 0 Å². The summed E-state index contributed by atoms with van der Waals surface area (Å²) in [6.45, 7) is 5.41. The standard InChI is InChI=1S/C18H29N3O2/c22-17-6-4-5-16-15-9-14(11-21(16)17)10-19(12-15)13-18(23)20-7-2-1-3-8-20/h14-16H,1-13H2/t14-,15-,16-/m1/s1. The summed E-state index contributed by atoms with van der Waals surface area (Å²) in [5, 5.41) is 0. The van der Waals surface area contributed by atoms with E-state index in [-0.39, 0.29) is 0 Å². The maximum Gasteiger partial charge on any atom is 0.236 e. The molecule has 3 atom stereocenters. The van der Waals surface area contributed by atoms with E-state index in [0.717, 1.165) is 64.8 Å². The summed E-state index contributed by atoms with van der Waals surface area (Å²) in [7, 11) is 0. The average molecular weight is 319 g/mol. The topological polar surface area (TPSA) is 43.9 Å². The molecule has 4 rings (SSSR count). The van der Waals surface area contributed by atoms with Gasteiger partial charge in [0.05, 0.1) is 6.54 Å². The first-order chi connectivity index (χ1) is 11.2. The van der Waals surface area contributed by atoms with Gasteiger partial charge in [0.25, 0.3) is 0 Å². The Kier molecular flexibility index (Phi) is 4.31. The Morgan fingerprint density at radius 3 is 2.70 bits per heavy atom. The number of hydrogen-bond acceptors (Lipinski definition) is 3. The third kappa shape index (κ3) is 3.12. The van der Waals surface area contributed by atoms with Crippen molar-refractivity contribution in [2.75, 3.05) is 39.3 Å². The largest absolute Gasteiger partial charge is 0.342 e. The number of piperidine rings is 4. The second kappa shape index (κ2) is 6.42. The van der Waals surface area contributed by atoms with Crippen LogP contribution in [0.25, 0.3) is 0 Å². The van der Waals surface area contributed by atoms with Crippen molar-refractivity contribution in [1.29, 1.82) is 0 Å². The van der Waals surface area contributed by atoms with E-state index in [1.54, 1.807) is 0 Å². The molecule has 2 amide bonds. The molecule has 2 bridgehead atoms. The van der Waals surface area contributed by atoms with Gasteiger partial charge < -0.3 is 9.80 Å². The quantitative estimate of drug-likeness (QED) is 0.771. The smallest absolute Gasteiger partial charge is 0.236 e. The molecule has 4 fully saturated rings. The molecule has 5 nitrogen and oxygen atoms in total. The molecule has 0 aromatic heterocycles. The zero-order valence-corrected chi connectivity index (χ0v) is 14.1. The Morgan fingerprint density at radius 2 is 1.87 bits per heavy atom. The lowest BCUT2D eigenvalue weighted by molar-refractivity contribution is -0.147. The number of rotatable bonds is 2. The van der Waals surface area contributed by atoms with Crippen molar-refractivity contribution < 1.29 is 9.59 Å². The highest BCUT2D eigenvalue weighted by Gasteiger charge is 2.44. The summed E-state index contributed by atoms with van der Waals surface area (Å²) in [6.07, 6.45) is 7.80. The summed E-state index contributed by atoms with van der Waals surface area (Å²) < 4.78 is 0. The van der Waals surface area contributed by atoms with Crippen molar-refractivity contribution in [2.45, 2.75) is 51.0 Å². The van der Waals surface area contributed by atoms with Gasteiger partial charge in [-0.3, -0.25) is 14.5 Å². The Bertz CT molecular complexity index is 475. The van der Waals surface area contributed by atoms with Crippen LogP contribution in [-0.4, -0.2) is 71.8 Å². The van der Waals surface area contributed by atoms with E-state index >= 15 is 0 Å². The van der Waals surface area contributed by atoms with Gasteiger partial charge in [-0.15, -0.1) is 0 Å². The fourth-order valence-electron chi connectivity index (χ4n) is 5.28. The predicted molar refractivity (Wildman–Crippen MR) is 87.8 cm³/mol. The highest BCUT2D eigenvalue weighted by molar-refractivity contribution is 5.78. The molecule has 0 spiro atoms. The van der Waals surface area contributed by atoms with Gasteiger partial charge in [-0.05, 0) is 50.4 Å². The first-order valence-corrected chi connectivity index (χ1v) is 9.50. The number of carbonyl (C=O) groups is 2. The molecule has 0 saturated carbocycles. The third-order valence-corrected chi connectivity index (χ3v) is 6.32. The first kappa shape index (κ1) is 15.4. The molecule has 4 heterocycles. The van der Waals surface area contributed by atoms with E-state index in [1.165, 1.54) is 12.8 Å². The summed E-state index contributed by atoms with van der Waals surface area (Å²) >= 11 is 0. The number of hydrogen-bond donors (Lipinski definition) is 0. The van der Waals surface area contributed by atoms with Gasteiger partial charge in [0, 0.05) is 45.2 Å². The Labute approximate surface area is 139 Å². The van der Waals surface area contributed by atoms with Crippen molar-refractivity contribution in [2.24, 2.45) is 11.8 Å². The van der Waals surface area contributed by atoms with Crippen LogP contribution < -0.4 is 0 Å². The van der Waals surface area contributed by atoms with Crippen LogP contribution in [-0.2, 0) is 9.59 Å². The van der Waals surface area contributed by atoms with Crippen molar-refractivity contribution in [1.82, 2.24) is 14.7 Å². The number of amides is 2. The van der Waals surface area contributed by atoms with Gasteiger partial charge >= 0.3 is 0 Å². The summed E-state index contributed by atoms with van der Waals surface area (Å²) in [4.78, 5) is 31.3. The van der Waals surface area contributed by atoms with Crippen LogP contribution in [0.2, 0.25) is 0 Å². The summed E-state index contributed by atoms with van der Waals surface area (Å²) in [5.74, 6) is 1.84. The minimum absolute atomic E-state index is 0.321. The molecule has 0 aliphatic carbocycles. The first-order valence-electron chi connectivity index (χ1n) is 9.50. The van der Waals surface area contributed by atoms with Gasteiger partial charge in [-0.1, -0.05) is 0 Å². The Morgan fingerprint density at radius 1 is 1.04 bits per heavy atom. The van der Waals surface area contributed by atoms with Crippen LogP contribution in [0.4, 0.5) is 0 Å². The molecule has 5 heteroatoms. The molecule has 4 saturated heterocycles. The zero-order valence-electron chi connectivity index (χ0n) is 14.1. The molecule has 4 aliphatic rings. The number of nitrogens with zero attached hydrogens (tertiary/aromatic N) is 3. The van der Waals surface area contributed by atoms with E-state index in [2.05, 4.69) is 14.7 Å². The maximum atomic E-state index is 12.5. The monoisotopic (exact) mass is 319 g/mol. The average Bonchev–Trinajstić information content (AvgIpc) is 2.57. The number of fused-ring (bicyclic) bond motifs is 4. The summed E-state index contributed by atoms with van der Waals surface area (Å²) in [6, 6.07) is 0.445. The third-order valence-electron chi connectivity index (χ3n) is 6.32. The van der Waals surface area contributed by atoms with E-state index in [9.17, 15) is 9.59 Å². The summed E-state index contributed by atoms with van der Waals surface area (Å²) in [5.41, 5.74) is 0. The normalized spacial score (nSPS) is 35.1. The van der Waals surface area contributed by atoms with Crippen LogP contribution in [0.15, 0.2) is 0 Å². The Balaban J connectivity index is 1.37. The van der Waals surface area contributed by atoms with Crippen LogP contribution in [0, 0.1) is 11.8 Å². The second-order valence-corrected chi connectivity index (χ2v) is 8.00. The van der Waals surface area contributed by atoms with Crippen molar-refractivity contribution in [3.05, 3.63) is 0 Å². The second-order valence-electron chi connectivity index (χ2n) is 8.00. The maximum absolute atomic E-state index is 12.5. The predicted octanol–water partition coefficient (Wildman–Crippen LogP) is 1.33. The van der Waals surface area contributed by atoms with E-state index in [1.807, 2.05) is 0 Å². The molecule has 4 aliphatic heterocycles. The van der Waals surface area contributed by atoms with Crippen LogP contribution >= 0.6 is 0 Å². The van der Waals surface area contributed by atoms with Crippen LogP contribution in [0.3, 0.4) is 0 Å². The minimum Gasteiger partial charge on any atom is -0.342 e. The molecular formula is C18H29N3O2. The molecule has 128 valence electrons. The zero-order chi connectivity index (χ0) is 15.8. The minimum atomic E-state index is 0.321. The van der Waals surface area contributed by atoms with Crippen LogP contribution in [0.1, 0.15) is 44.9 Å². The molecule has 0 radical (unpaired) electrons. The van der Waals surface area contributed by atoms with Crippen molar-refractivity contribution in [3.8, 4) is 0 Å². The van der Waals surface area contributed by atoms with Gasteiger partial charge in [-0.25, -0.2) is 0 Å². The van der Waals surface area contributed by atoms with E-state index in [0.29, 0.717) is 36.2 Å². The van der Waals surface area contributed by atoms with Gasteiger partial charge in [0.1, 0.15) is 0 Å². The SMILES string of the molecule is O=C(CN1C[C@H]2C[C@H](C1)[C@H]1CCCC(=O)N1C2)N1CCCCC1. The van der Waals surface area contributed by atoms with Gasteiger partial charge in [0.15, 0.2) is 0 Å². The fourth-order valence-corrected chi connectivity index (χ4v) is 5.28. The highest BCUT2D eigenvalue weighted by atomic mass is 16.2. The Hall–Kier alpha value is -1.10. The fraction of sp³-hybridized carbons (Fsp3) is 0.889. The number of carbonyl (C=O) groups excluding carboxylic acids is 2. The molecule has 0 N–H and O–H groups in total.